The van der Waals surface area contributed by atoms with Gasteiger partial charge in [0, 0.05) is 26.7 Å². The molecule has 2 aromatic rings. The fourth-order valence-corrected chi connectivity index (χ4v) is 2.43. The SMILES string of the molecule is CC(C)Oc1nc(NCCOCCOCCN)nc(N(C)Cc2ccccc2)n1. The van der Waals surface area contributed by atoms with Crippen molar-refractivity contribution in [1.29, 1.82) is 0 Å². The molecule has 0 unspecified atom stereocenters. The third-order valence-electron chi connectivity index (χ3n) is 3.71. The van der Waals surface area contributed by atoms with Crippen molar-refractivity contribution < 1.29 is 14.2 Å². The van der Waals surface area contributed by atoms with Crippen molar-refractivity contribution in [3.63, 3.8) is 0 Å². The van der Waals surface area contributed by atoms with Gasteiger partial charge in [0.1, 0.15) is 0 Å². The maximum atomic E-state index is 5.69. The molecule has 0 fully saturated rings. The van der Waals surface area contributed by atoms with Crippen molar-refractivity contribution in [3.05, 3.63) is 35.9 Å². The normalized spacial score (nSPS) is 10.9. The van der Waals surface area contributed by atoms with Crippen LogP contribution in [0.3, 0.4) is 0 Å². The summed E-state index contributed by atoms with van der Waals surface area (Å²) in [5, 5.41) is 3.16. The van der Waals surface area contributed by atoms with Crippen LogP contribution in [-0.2, 0) is 16.0 Å². The monoisotopic (exact) mass is 404 g/mol. The minimum atomic E-state index is -0.0330. The molecule has 2 rings (SSSR count). The Morgan fingerprint density at radius 3 is 2.41 bits per heavy atom. The minimum Gasteiger partial charge on any atom is -0.461 e. The Bertz CT molecular complexity index is 702. The zero-order valence-corrected chi connectivity index (χ0v) is 17.5. The average molecular weight is 405 g/mol. The molecular formula is C20H32N6O3. The van der Waals surface area contributed by atoms with E-state index < -0.39 is 0 Å². The summed E-state index contributed by atoms with van der Waals surface area (Å²) in [6, 6.07) is 10.4. The van der Waals surface area contributed by atoms with Gasteiger partial charge in [-0.1, -0.05) is 30.3 Å². The highest BCUT2D eigenvalue weighted by Gasteiger charge is 2.13. The van der Waals surface area contributed by atoms with Gasteiger partial charge in [-0.2, -0.15) is 15.0 Å². The molecule has 0 radical (unpaired) electrons. The van der Waals surface area contributed by atoms with Crippen LogP contribution in [-0.4, -0.2) is 67.6 Å². The fraction of sp³-hybridized carbons (Fsp3) is 0.550. The lowest BCUT2D eigenvalue weighted by molar-refractivity contribution is 0.0547. The van der Waals surface area contributed by atoms with Crippen molar-refractivity contribution in [2.24, 2.45) is 5.73 Å². The van der Waals surface area contributed by atoms with Crippen LogP contribution in [0.25, 0.3) is 0 Å². The molecule has 0 atom stereocenters. The molecular weight excluding hydrogens is 372 g/mol. The van der Waals surface area contributed by atoms with Crippen LogP contribution >= 0.6 is 0 Å². The van der Waals surface area contributed by atoms with Crippen LogP contribution in [0.1, 0.15) is 19.4 Å². The first-order chi connectivity index (χ1) is 14.1. The minimum absolute atomic E-state index is 0.0330. The lowest BCUT2D eigenvalue weighted by Crippen LogP contribution is -2.22. The molecule has 160 valence electrons. The van der Waals surface area contributed by atoms with Crippen molar-refractivity contribution in [2.45, 2.75) is 26.5 Å². The number of aromatic nitrogens is 3. The van der Waals surface area contributed by atoms with E-state index in [0.717, 1.165) is 0 Å². The molecule has 9 heteroatoms. The van der Waals surface area contributed by atoms with Crippen molar-refractivity contribution >= 4 is 11.9 Å². The summed E-state index contributed by atoms with van der Waals surface area (Å²) in [6.45, 7) is 7.73. The van der Waals surface area contributed by atoms with E-state index in [4.69, 9.17) is 19.9 Å². The average Bonchev–Trinajstić information content (AvgIpc) is 2.70. The number of benzene rings is 1. The molecule has 1 aromatic carbocycles. The van der Waals surface area contributed by atoms with E-state index >= 15 is 0 Å². The number of ether oxygens (including phenoxy) is 3. The molecule has 9 nitrogen and oxygen atoms in total. The number of hydrogen-bond donors (Lipinski definition) is 2. The molecule has 0 aliphatic carbocycles. The molecule has 0 aliphatic rings. The zero-order chi connectivity index (χ0) is 20.9. The smallest absolute Gasteiger partial charge is 0.323 e. The van der Waals surface area contributed by atoms with Crippen LogP contribution in [0.4, 0.5) is 11.9 Å². The van der Waals surface area contributed by atoms with Gasteiger partial charge in [-0.15, -0.1) is 0 Å². The highest BCUT2D eigenvalue weighted by molar-refractivity contribution is 5.38. The first kappa shape index (κ1) is 22.8. The van der Waals surface area contributed by atoms with Gasteiger partial charge >= 0.3 is 6.01 Å². The van der Waals surface area contributed by atoms with E-state index in [-0.39, 0.29) is 6.10 Å². The lowest BCUT2D eigenvalue weighted by atomic mass is 10.2. The predicted octanol–water partition coefficient (Wildman–Crippen LogP) is 1.70. The first-order valence-corrected chi connectivity index (χ1v) is 9.85. The van der Waals surface area contributed by atoms with Gasteiger partial charge in [0.2, 0.25) is 11.9 Å². The van der Waals surface area contributed by atoms with Crippen LogP contribution in [0, 0.1) is 0 Å². The van der Waals surface area contributed by atoms with Gasteiger partial charge in [-0.25, -0.2) is 0 Å². The van der Waals surface area contributed by atoms with Crippen LogP contribution in [0.5, 0.6) is 6.01 Å². The van der Waals surface area contributed by atoms with Crippen molar-refractivity contribution in [2.75, 3.05) is 56.8 Å². The van der Waals surface area contributed by atoms with Crippen LogP contribution in [0.2, 0.25) is 0 Å². The van der Waals surface area contributed by atoms with Gasteiger partial charge in [0.15, 0.2) is 0 Å². The van der Waals surface area contributed by atoms with Gasteiger partial charge in [-0.3, -0.25) is 0 Å². The highest BCUT2D eigenvalue weighted by atomic mass is 16.5. The molecule has 0 spiro atoms. The van der Waals surface area contributed by atoms with E-state index in [1.807, 2.05) is 44.0 Å². The van der Waals surface area contributed by atoms with Gasteiger partial charge < -0.3 is 30.2 Å². The molecule has 0 amide bonds. The van der Waals surface area contributed by atoms with Gasteiger partial charge in [0.05, 0.1) is 32.5 Å². The predicted molar refractivity (Wildman–Crippen MR) is 113 cm³/mol. The van der Waals surface area contributed by atoms with Crippen LogP contribution in [0.15, 0.2) is 30.3 Å². The maximum Gasteiger partial charge on any atom is 0.323 e. The van der Waals surface area contributed by atoms with Gasteiger partial charge in [-0.05, 0) is 19.4 Å². The number of rotatable bonds is 14. The van der Waals surface area contributed by atoms with E-state index in [0.29, 0.717) is 64.0 Å². The van der Waals surface area contributed by atoms with Crippen molar-refractivity contribution in [3.8, 4) is 6.01 Å². The number of nitrogens with two attached hydrogens (primary N) is 1. The van der Waals surface area contributed by atoms with E-state index in [1.165, 1.54) is 5.56 Å². The first-order valence-electron chi connectivity index (χ1n) is 9.85. The quantitative estimate of drug-likeness (QED) is 0.455. The van der Waals surface area contributed by atoms with Crippen molar-refractivity contribution in [1.82, 2.24) is 15.0 Å². The highest BCUT2D eigenvalue weighted by Crippen LogP contribution is 2.17. The Labute approximate surface area is 172 Å². The summed E-state index contributed by atoms with van der Waals surface area (Å²) < 4.78 is 16.5. The molecule has 0 saturated heterocycles. The Morgan fingerprint density at radius 2 is 1.72 bits per heavy atom. The largest absolute Gasteiger partial charge is 0.461 e. The summed E-state index contributed by atoms with van der Waals surface area (Å²) in [7, 11) is 1.94. The summed E-state index contributed by atoms with van der Waals surface area (Å²) in [5.41, 5.74) is 6.53. The molecule has 0 saturated carbocycles. The van der Waals surface area contributed by atoms with Crippen LogP contribution < -0.4 is 20.7 Å². The third kappa shape index (κ3) is 9.03. The molecule has 1 heterocycles. The summed E-state index contributed by atoms with van der Waals surface area (Å²) in [5.74, 6) is 0.992. The molecule has 0 aliphatic heterocycles. The number of nitrogens with zero attached hydrogens (tertiary/aromatic N) is 4. The number of nitrogens with one attached hydrogen (secondary N) is 1. The summed E-state index contributed by atoms with van der Waals surface area (Å²) in [6.07, 6.45) is -0.0330. The van der Waals surface area contributed by atoms with E-state index in [2.05, 4.69) is 32.4 Å². The topological polar surface area (TPSA) is 108 Å². The Balaban J connectivity index is 1.93. The summed E-state index contributed by atoms with van der Waals surface area (Å²) >= 11 is 0. The Hall–Kier alpha value is -2.49. The van der Waals surface area contributed by atoms with E-state index in [9.17, 15) is 0 Å². The molecule has 29 heavy (non-hydrogen) atoms. The molecule has 3 N–H and O–H groups in total. The standard InChI is InChI=1S/C20H32N6O3/c1-16(2)29-20-24-18(22-10-12-28-14-13-27-11-9-21)23-19(25-20)26(3)15-17-7-5-4-6-8-17/h4-8,16H,9-15,21H2,1-3H3,(H,22,23,24,25). The fourth-order valence-electron chi connectivity index (χ4n) is 2.43. The second kappa shape index (κ2) is 12.9. The Morgan fingerprint density at radius 1 is 1.00 bits per heavy atom. The third-order valence-corrected chi connectivity index (χ3v) is 3.71. The second-order valence-electron chi connectivity index (χ2n) is 6.69. The number of anilines is 2. The maximum absolute atomic E-state index is 5.69. The molecule has 1 aromatic heterocycles. The molecule has 0 bridgehead atoms. The Kier molecular flexibility index (Phi) is 10.1. The number of hydrogen-bond acceptors (Lipinski definition) is 9. The van der Waals surface area contributed by atoms with Gasteiger partial charge in [0.25, 0.3) is 0 Å². The lowest BCUT2D eigenvalue weighted by Gasteiger charge is -2.19. The van der Waals surface area contributed by atoms with E-state index in [1.54, 1.807) is 0 Å². The summed E-state index contributed by atoms with van der Waals surface area (Å²) in [4.78, 5) is 15.3. The zero-order valence-electron chi connectivity index (χ0n) is 17.5. The second-order valence-corrected chi connectivity index (χ2v) is 6.69.